The molecule has 5 heteroatoms. The third-order valence-electron chi connectivity index (χ3n) is 3.29. The van der Waals surface area contributed by atoms with E-state index < -0.39 is 5.97 Å². The van der Waals surface area contributed by atoms with E-state index >= 15 is 0 Å². The summed E-state index contributed by atoms with van der Waals surface area (Å²) in [6.45, 7) is 5.31. The van der Waals surface area contributed by atoms with E-state index in [4.69, 9.17) is 5.11 Å². The van der Waals surface area contributed by atoms with E-state index in [1.165, 1.54) is 4.57 Å². The molecule has 1 aromatic carbocycles. The fourth-order valence-electron chi connectivity index (χ4n) is 2.39. The number of allylic oxidation sites excluding steroid dienone is 1. The predicted octanol–water partition coefficient (Wildman–Crippen LogP) is 2.55. The zero-order chi connectivity index (χ0) is 15.7. The number of aliphatic carboxylic acids is 1. The third-order valence-corrected chi connectivity index (χ3v) is 3.29. The molecule has 0 spiro atoms. The molecule has 0 aliphatic heterocycles. The first kappa shape index (κ1) is 14.8. The molecule has 2 rings (SSSR count). The molecule has 2 aromatic rings. The van der Waals surface area contributed by atoms with Gasteiger partial charge in [-0.1, -0.05) is 12.6 Å². The average Bonchev–Trinajstić information content (AvgIpc) is 2.75. The number of nitrogens with zero attached hydrogens (tertiary/aromatic N) is 2. The quantitative estimate of drug-likeness (QED) is 0.877. The lowest BCUT2D eigenvalue weighted by molar-refractivity contribution is -0.136. The molecule has 0 aliphatic carbocycles. The SMILES string of the molecule is C=C(C)C(=O)n1cc(CC(=O)O)c2c(N(C)C)cccc21. The lowest BCUT2D eigenvalue weighted by Gasteiger charge is -2.15. The number of fused-ring (bicyclic) bond motifs is 1. The molecular formula is C16H18N2O3. The number of rotatable bonds is 4. The molecule has 0 atom stereocenters. The van der Waals surface area contributed by atoms with Crippen molar-refractivity contribution in [3.63, 3.8) is 0 Å². The molecule has 1 heterocycles. The number of carboxylic acid groups (broad SMARTS) is 1. The van der Waals surface area contributed by atoms with Gasteiger partial charge in [0.1, 0.15) is 0 Å². The fraction of sp³-hybridized carbons (Fsp3) is 0.250. The summed E-state index contributed by atoms with van der Waals surface area (Å²) in [6.07, 6.45) is 1.47. The van der Waals surface area contributed by atoms with Gasteiger partial charge in [0.25, 0.3) is 5.91 Å². The van der Waals surface area contributed by atoms with Crippen LogP contribution in [0.5, 0.6) is 0 Å². The van der Waals surface area contributed by atoms with Crippen LogP contribution < -0.4 is 4.90 Å². The van der Waals surface area contributed by atoms with Gasteiger partial charge in [0, 0.05) is 36.9 Å². The Labute approximate surface area is 123 Å². The standard InChI is InChI=1S/C16H18N2O3/c1-10(2)16(21)18-9-11(8-14(19)20)15-12(17(3)4)6-5-7-13(15)18/h5-7,9H,1,8H2,2-4H3,(H,19,20). The van der Waals surface area contributed by atoms with Crippen LogP contribution in [-0.4, -0.2) is 35.6 Å². The van der Waals surface area contributed by atoms with Crippen LogP contribution in [-0.2, 0) is 11.2 Å². The van der Waals surface area contributed by atoms with Crippen molar-refractivity contribution in [2.45, 2.75) is 13.3 Å². The van der Waals surface area contributed by atoms with Crippen molar-refractivity contribution in [1.29, 1.82) is 0 Å². The molecule has 0 unspecified atom stereocenters. The molecular weight excluding hydrogens is 268 g/mol. The fourth-order valence-corrected chi connectivity index (χ4v) is 2.39. The number of aromatic nitrogens is 1. The van der Waals surface area contributed by atoms with Crippen LogP contribution in [0.2, 0.25) is 0 Å². The van der Waals surface area contributed by atoms with E-state index in [1.807, 2.05) is 37.2 Å². The molecule has 0 saturated heterocycles. The zero-order valence-electron chi connectivity index (χ0n) is 12.4. The van der Waals surface area contributed by atoms with Gasteiger partial charge in [-0.25, -0.2) is 0 Å². The van der Waals surface area contributed by atoms with E-state index in [2.05, 4.69) is 6.58 Å². The highest BCUT2D eigenvalue weighted by atomic mass is 16.4. The smallest absolute Gasteiger partial charge is 0.307 e. The van der Waals surface area contributed by atoms with Gasteiger partial charge in [0.15, 0.2) is 0 Å². The molecule has 0 fully saturated rings. The molecule has 1 aromatic heterocycles. The third kappa shape index (κ3) is 2.67. The molecule has 110 valence electrons. The summed E-state index contributed by atoms with van der Waals surface area (Å²) in [4.78, 5) is 25.2. The number of benzene rings is 1. The monoisotopic (exact) mass is 286 g/mol. The minimum absolute atomic E-state index is 0.127. The van der Waals surface area contributed by atoms with Crippen LogP contribution >= 0.6 is 0 Å². The summed E-state index contributed by atoms with van der Waals surface area (Å²) in [7, 11) is 3.77. The predicted molar refractivity (Wildman–Crippen MR) is 83.0 cm³/mol. The van der Waals surface area contributed by atoms with Gasteiger partial charge in [0.2, 0.25) is 0 Å². The Balaban J connectivity index is 2.79. The van der Waals surface area contributed by atoms with E-state index in [-0.39, 0.29) is 12.3 Å². The molecule has 0 amide bonds. The molecule has 5 nitrogen and oxygen atoms in total. The van der Waals surface area contributed by atoms with Crippen molar-refractivity contribution < 1.29 is 14.7 Å². The van der Waals surface area contributed by atoms with Crippen molar-refractivity contribution in [2.75, 3.05) is 19.0 Å². The second-order valence-electron chi connectivity index (χ2n) is 5.25. The Morgan fingerprint density at radius 1 is 1.33 bits per heavy atom. The van der Waals surface area contributed by atoms with Crippen LogP contribution in [0.1, 0.15) is 17.3 Å². The van der Waals surface area contributed by atoms with Gasteiger partial charge in [-0.05, 0) is 24.6 Å². The lowest BCUT2D eigenvalue weighted by atomic mass is 10.1. The Bertz CT molecular complexity index is 741. The number of carboxylic acids is 1. The second kappa shape index (κ2) is 5.44. The molecule has 0 aliphatic rings. The molecule has 0 bridgehead atoms. The van der Waals surface area contributed by atoms with Crippen LogP contribution in [0.3, 0.4) is 0 Å². The summed E-state index contributed by atoms with van der Waals surface area (Å²) < 4.78 is 1.48. The van der Waals surface area contributed by atoms with Crippen LogP contribution in [0.15, 0.2) is 36.5 Å². The van der Waals surface area contributed by atoms with Crippen molar-refractivity contribution >= 4 is 28.5 Å². The first-order valence-electron chi connectivity index (χ1n) is 6.55. The number of anilines is 1. The Kier molecular flexibility index (Phi) is 3.84. The van der Waals surface area contributed by atoms with Crippen molar-refractivity contribution in [2.24, 2.45) is 0 Å². The average molecular weight is 286 g/mol. The summed E-state index contributed by atoms with van der Waals surface area (Å²) in [5.74, 6) is -1.15. The van der Waals surface area contributed by atoms with Crippen LogP contribution in [0.25, 0.3) is 10.9 Å². The number of hydrogen-bond acceptors (Lipinski definition) is 3. The Hall–Kier alpha value is -2.56. The van der Waals surface area contributed by atoms with Crippen LogP contribution in [0.4, 0.5) is 5.69 Å². The first-order valence-corrected chi connectivity index (χ1v) is 6.55. The minimum Gasteiger partial charge on any atom is -0.481 e. The van der Waals surface area contributed by atoms with Crippen molar-refractivity contribution in [3.05, 3.63) is 42.1 Å². The number of carbonyl (C=O) groups is 2. The minimum atomic E-state index is -0.926. The molecule has 0 radical (unpaired) electrons. The van der Waals surface area contributed by atoms with E-state index in [0.29, 0.717) is 16.7 Å². The molecule has 1 N–H and O–H groups in total. The maximum atomic E-state index is 12.2. The molecule has 21 heavy (non-hydrogen) atoms. The zero-order valence-corrected chi connectivity index (χ0v) is 12.4. The van der Waals surface area contributed by atoms with E-state index in [1.54, 1.807) is 13.1 Å². The van der Waals surface area contributed by atoms with Gasteiger partial charge >= 0.3 is 5.97 Å². The first-order chi connectivity index (χ1) is 9.82. The highest BCUT2D eigenvalue weighted by molar-refractivity contribution is 6.06. The second-order valence-corrected chi connectivity index (χ2v) is 5.25. The Morgan fingerprint density at radius 3 is 2.52 bits per heavy atom. The highest BCUT2D eigenvalue weighted by Gasteiger charge is 2.18. The van der Waals surface area contributed by atoms with E-state index in [9.17, 15) is 9.59 Å². The Morgan fingerprint density at radius 2 is 2.00 bits per heavy atom. The van der Waals surface area contributed by atoms with Gasteiger partial charge in [-0.3, -0.25) is 14.2 Å². The number of hydrogen-bond donors (Lipinski definition) is 1. The largest absolute Gasteiger partial charge is 0.481 e. The summed E-state index contributed by atoms with van der Waals surface area (Å²) >= 11 is 0. The maximum absolute atomic E-state index is 12.2. The number of carbonyl (C=O) groups excluding carboxylic acids is 1. The normalized spacial score (nSPS) is 10.6. The van der Waals surface area contributed by atoms with Crippen LogP contribution in [0, 0.1) is 0 Å². The highest BCUT2D eigenvalue weighted by Crippen LogP contribution is 2.31. The summed E-state index contributed by atoms with van der Waals surface area (Å²) in [6, 6.07) is 5.57. The summed E-state index contributed by atoms with van der Waals surface area (Å²) in [5.41, 5.74) is 2.61. The van der Waals surface area contributed by atoms with Gasteiger partial charge in [-0.2, -0.15) is 0 Å². The van der Waals surface area contributed by atoms with Gasteiger partial charge in [0.05, 0.1) is 11.9 Å². The molecule has 0 saturated carbocycles. The van der Waals surface area contributed by atoms with Crippen molar-refractivity contribution in [1.82, 2.24) is 4.57 Å². The summed E-state index contributed by atoms with van der Waals surface area (Å²) in [5, 5.41) is 9.88. The maximum Gasteiger partial charge on any atom is 0.307 e. The lowest BCUT2D eigenvalue weighted by Crippen LogP contribution is -2.11. The topological polar surface area (TPSA) is 62.5 Å². The van der Waals surface area contributed by atoms with E-state index in [0.717, 1.165) is 11.1 Å². The van der Waals surface area contributed by atoms with Gasteiger partial charge in [-0.15, -0.1) is 0 Å². The van der Waals surface area contributed by atoms with Crippen molar-refractivity contribution in [3.8, 4) is 0 Å². The van der Waals surface area contributed by atoms with Gasteiger partial charge < -0.3 is 10.0 Å².